The summed E-state index contributed by atoms with van der Waals surface area (Å²) < 4.78 is 31.4. The van der Waals surface area contributed by atoms with Crippen LogP contribution in [0.4, 0.5) is 5.69 Å². The zero-order valence-electron chi connectivity index (χ0n) is 19.2. The number of nitrogens with one attached hydrogen (secondary N) is 1. The molecule has 0 aliphatic carbocycles. The van der Waals surface area contributed by atoms with Crippen LogP contribution in [0.5, 0.6) is 5.75 Å². The highest BCUT2D eigenvalue weighted by Crippen LogP contribution is 2.23. The number of ether oxygens (including phenoxy) is 1. The molecule has 1 N–H and O–H groups in total. The van der Waals surface area contributed by atoms with E-state index in [2.05, 4.69) is 5.32 Å². The molecule has 9 heteroatoms. The Morgan fingerprint density at radius 2 is 1.72 bits per heavy atom. The number of nitrogens with zero attached hydrogens (tertiary/aromatic N) is 2. The molecule has 0 saturated carbocycles. The van der Waals surface area contributed by atoms with Crippen molar-refractivity contribution >= 4 is 27.5 Å². The second kappa shape index (κ2) is 11.0. The molecule has 0 fully saturated rings. The quantitative estimate of drug-likeness (QED) is 0.586. The van der Waals surface area contributed by atoms with Crippen molar-refractivity contribution in [3.8, 4) is 5.75 Å². The van der Waals surface area contributed by atoms with E-state index in [0.29, 0.717) is 17.9 Å². The Balaban J connectivity index is 2.42. The van der Waals surface area contributed by atoms with E-state index in [1.807, 2.05) is 19.1 Å². The highest BCUT2D eigenvalue weighted by atomic mass is 32.2. The van der Waals surface area contributed by atoms with Crippen molar-refractivity contribution in [1.82, 2.24) is 10.2 Å². The highest BCUT2D eigenvalue weighted by Gasteiger charge is 2.31. The van der Waals surface area contributed by atoms with Gasteiger partial charge in [-0.2, -0.15) is 0 Å². The summed E-state index contributed by atoms with van der Waals surface area (Å²) in [5.74, 6) is -0.103. The average molecular weight is 462 g/mol. The van der Waals surface area contributed by atoms with Crippen molar-refractivity contribution in [2.24, 2.45) is 0 Å². The number of amides is 2. The molecular weight excluding hydrogens is 430 g/mol. The Morgan fingerprint density at radius 1 is 1.09 bits per heavy atom. The topological polar surface area (TPSA) is 96.0 Å². The zero-order chi connectivity index (χ0) is 23.9. The maximum atomic E-state index is 13.4. The first-order valence-electron chi connectivity index (χ1n) is 10.3. The van der Waals surface area contributed by atoms with Crippen molar-refractivity contribution in [3.63, 3.8) is 0 Å². The number of rotatable bonds is 10. The lowest BCUT2D eigenvalue weighted by molar-refractivity contribution is -0.140. The van der Waals surface area contributed by atoms with Gasteiger partial charge in [0.2, 0.25) is 21.8 Å². The lowest BCUT2D eigenvalue weighted by Crippen LogP contribution is -2.51. The second-order valence-electron chi connectivity index (χ2n) is 7.46. The number of methoxy groups -OCH3 is 1. The van der Waals surface area contributed by atoms with Gasteiger partial charge < -0.3 is 15.0 Å². The molecule has 0 bridgehead atoms. The first-order chi connectivity index (χ1) is 15.1. The van der Waals surface area contributed by atoms with Crippen molar-refractivity contribution in [1.29, 1.82) is 0 Å². The van der Waals surface area contributed by atoms with Gasteiger partial charge >= 0.3 is 0 Å². The lowest BCUT2D eigenvalue weighted by Gasteiger charge is -2.33. The number of carbonyl (C=O) groups excluding carboxylic acids is 2. The van der Waals surface area contributed by atoms with Crippen LogP contribution in [0.2, 0.25) is 0 Å². The van der Waals surface area contributed by atoms with Crippen LogP contribution in [0.15, 0.2) is 48.5 Å². The monoisotopic (exact) mass is 461 g/mol. The largest absolute Gasteiger partial charge is 0.497 e. The maximum absolute atomic E-state index is 13.4. The van der Waals surface area contributed by atoms with E-state index in [9.17, 15) is 18.0 Å². The summed E-state index contributed by atoms with van der Waals surface area (Å²) in [6, 6.07) is 13.4. The van der Waals surface area contributed by atoms with Crippen molar-refractivity contribution in [2.75, 3.05) is 31.3 Å². The van der Waals surface area contributed by atoms with Crippen LogP contribution in [0.3, 0.4) is 0 Å². The van der Waals surface area contributed by atoms with Gasteiger partial charge in [-0.3, -0.25) is 13.9 Å². The number of anilines is 1. The number of para-hydroxylation sites is 1. The van der Waals surface area contributed by atoms with Crippen molar-refractivity contribution in [2.45, 2.75) is 32.9 Å². The van der Waals surface area contributed by atoms with Gasteiger partial charge in [0.1, 0.15) is 18.3 Å². The van der Waals surface area contributed by atoms with E-state index in [1.165, 1.54) is 11.9 Å². The molecular formula is C23H31N3O5S. The molecule has 8 nitrogen and oxygen atoms in total. The smallest absolute Gasteiger partial charge is 0.244 e. The van der Waals surface area contributed by atoms with E-state index >= 15 is 0 Å². The van der Waals surface area contributed by atoms with Gasteiger partial charge in [0.15, 0.2) is 0 Å². The van der Waals surface area contributed by atoms with Gasteiger partial charge in [0, 0.05) is 13.6 Å². The van der Waals surface area contributed by atoms with Crippen LogP contribution >= 0.6 is 0 Å². The fourth-order valence-electron chi connectivity index (χ4n) is 3.45. The number of hydrogen-bond acceptors (Lipinski definition) is 5. The molecule has 1 unspecified atom stereocenters. The molecule has 0 aromatic heterocycles. The molecule has 2 rings (SSSR count). The minimum atomic E-state index is -3.74. The molecule has 0 spiro atoms. The van der Waals surface area contributed by atoms with Crippen molar-refractivity contribution < 1.29 is 22.7 Å². The van der Waals surface area contributed by atoms with Crippen LogP contribution in [-0.2, 0) is 26.2 Å². The Bertz CT molecular complexity index is 1040. The number of sulfonamides is 1. The van der Waals surface area contributed by atoms with E-state index in [0.717, 1.165) is 21.7 Å². The Hall–Kier alpha value is -3.07. The molecule has 0 aliphatic rings. The van der Waals surface area contributed by atoms with Crippen LogP contribution in [0, 0.1) is 6.92 Å². The number of hydrogen-bond donors (Lipinski definition) is 1. The van der Waals surface area contributed by atoms with Gasteiger partial charge in [0.05, 0.1) is 19.1 Å². The fraction of sp³-hybridized carbons (Fsp3) is 0.391. The van der Waals surface area contributed by atoms with Gasteiger partial charge in [0.25, 0.3) is 0 Å². The Kier molecular flexibility index (Phi) is 8.65. The molecule has 32 heavy (non-hydrogen) atoms. The molecule has 0 saturated heterocycles. The molecule has 2 aromatic carbocycles. The SMILES string of the molecule is CCC(C(=O)NC)N(Cc1ccc(OC)cc1)C(=O)CN(c1ccccc1C)S(C)(=O)=O. The molecule has 2 amide bonds. The van der Waals surface area contributed by atoms with Crippen LogP contribution < -0.4 is 14.4 Å². The van der Waals surface area contributed by atoms with Gasteiger partial charge in [-0.25, -0.2) is 8.42 Å². The fourth-order valence-corrected chi connectivity index (χ4v) is 4.36. The predicted octanol–water partition coefficient (Wildman–Crippen LogP) is 2.32. The van der Waals surface area contributed by atoms with Crippen LogP contribution in [-0.4, -0.2) is 58.1 Å². The Labute approximate surface area is 190 Å². The summed E-state index contributed by atoms with van der Waals surface area (Å²) in [4.78, 5) is 27.4. The Morgan fingerprint density at radius 3 is 2.22 bits per heavy atom. The standard InChI is InChI=1S/C23H31N3O5S/c1-6-20(23(28)24-3)25(15-18-11-13-19(31-4)14-12-18)22(27)16-26(32(5,29)30)21-10-8-7-9-17(21)2/h7-14,20H,6,15-16H2,1-5H3,(H,24,28). The third-order valence-corrected chi connectivity index (χ3v) is 6.33. The predicted molar refractivity (Wildman–Crippen MR) is 125 cm³/mol. The number of aryl methyl sites for hydroxylation is 1. The number of likely N-dealkylation sites (N-methyl/N-ethyl adjacent to an activating group) is 1. The summed E-state index contributed by atoms with van der Waals surface area (Å²) >= 11 is 0. The minimum Gasteiger partial charge on any atom is -0.497 e. The first kappa shape index (κ1) is 25.2. The number of carbonyl (C=O) groups is 2. The summed E-state index contributed by atoms with van der Waals surface area (Å²) in [6.07, 6.45) is 1.45. The third kappa shape index (κ3) is 6.23. The summed E-state index contributed by atoms with van der Waals surface area (Å²) in [6.45, 7) is 3.34. The van der Waals surface area contributed by atoms with E-state index in [-0.39, 0.29) is 12.5 Å². The third-order valence-electron chi connectivity index (χ3n) is 5.21. The molecule has 174 valence electrons. The average Bonchev–Trinajstić information content (AvgIpc) is 2.77. The zero-order valence-corrected chi connectivity index (χ0v) is 20.0. The van der Waals surface area contributed by atoms with E-state index < -0.39 is 28.5 Å². The maximum Gasteiger partial charge on any atom is 0.244 e. The van der Waals surface area contributed by atoms with Crippen LogP contribution in [0.1, 0.15) is 24.5 Å². The van der Waals surface area contributed by atoms with E-state index in [4.69, 9.17) is 4.74 Å². The molecule has 1 atom stereocenters. The molecule has 0 heterocycles. The minimum absolute atomic E-state index is 0.153. The van der Waals surface area contributed by atoms with Crippen LogP contribution in [0.25, 0.3) is 0 Å². The first-order valence-corrected chi connectivity index (χ1v) is 12.1. The van der Waals surface area contributed by atoms with Gasteiger partial charge in [-0.15, -0.1) is 0 Å². The normalized spacial score (nSPS) is 12.0. The molecule has 2 aromatic rings. The summed E-state index contributed by atoms with van der Waals surface area (Å²) in [5.41, 5.74) is 1.95. The second-order valence-corrected chi connectivity index (χ2v) is 9.37. The molecule has 0 radical (unpaired) electrons. The van der Waals surface area contributed by atoms with Gasteiger partial charge in [-0.05, 0) is 42.7 Å². The van der Waals surface area contributed by atoms with E-state index in [1.54, 1.807) is 50.4 Å². The highest BCUT2D eigenvalue weighted by molar-refractivity contribution is 7.92. The summed E-state index contributed by atoms with van der Waals surface area (Å²) in [5, 5.41) is 2.60. The summed E-state index contributed by atoms with van der Waals surface area (Å²) in [7, 11) is -0.665. The lowest BCUT2D eigenvalue weighted by atomic mass is 10.1. The van der Waals surface area contributed by atoms with Crippen molar-refractivity contribution in [3.05, 3.63) is 59.7 Å². The molecule has 0 aliphatic heterocycles. The number of benzene rings is 2. The van der Waals surface area contributed by atoms with Gasteiger partial charge in [-0.1, -0.05) is 37.3 Å².